The third-order valence-electron chi connectivity index (χ3n) is 3.46. The first-order valence-electron chi connectivity index (χ1n) is 7.21. The average Bonchev–Trinajstić information content (AvgIpc) is 2.94. The predicted molar refractivity (Wildman–Crippen MR) is 83.5 cm³/mol. The third-order valence-corrected chi connectivity index (χ3v) is 3.46. The molecule has 1 N–H and O–H groups in total. The predicted octanol–water partition coefficient (Wildman–Crippen LogP) is 2.90. The van der Waals surface area contributed by atoms with E-state index in [-0.39, 0.29) is 0 Å². The van der Waals surface area contributed by atoms with Crippen molar-refractivity contribution in [2.24, 2.45) is 0 Å². The molecule has 0 fully saturated rings. The van der Waals surface area contributed by atoms with Gasteiger partial charge in [-0.3, -0.25) is 4.98 Å². The molecular formula is C16H19N5. The van der Waals surface area contributed by atoms with Gasteiger partial charge in [-0.2, -0.15) is 5.10 Å². The molecule has 3 heterocycles. The average molecular weight is 281 g/mol. The Kier molecular flexibility index (Phi) is 3.81. The third kappa shape index (κ3) is 3.02. The topological polar surface area (TPSA) is 55.1 Å². The van der Waals surface area contributed by atoms with Gasteiger partial charge >= 0.3 is 0 Å². The molecule has 0 amide bonds. The number of hydrogen-bond donors (Lipinski definition) is 1. The van der Waals surface area contributed by atoms with E-state index in [0.717, 1.165) is 30.0 Å². The van der Waals surface area contributed by atoms with Crippen molar-refractivity contribution in [1.82, 2.24) is 19.6 Å². The summed E-state index contributed by atoms with van der Waals surface area (Å²) in [4.78, 5) is 8.45. The summed E-state index contributed by atoms with van der Waals surface area (Å²) in [6.45, 7) is 5.12. The highest BCUT2D eigenvalue weighted by Crippen LogP contribution is 2.19. The maximum absolute atomic E-state index is 4.57. The van der Waals surface area contributed by atoms with E-state index in [1.54, 1.807) is 6.20 Å². The molecular weight excluding hydrogens is 262 g/mol. The van der Waals surface area contributed by atoms with E-state index in [1.165, 1.54) is 5.56 Å². The molecule has 0 bridgehead atoms. The molecule has 108 valence electrons. The number of rotatable bonds is 5. The van der Waals surface area contributed by atoms with Crippen LogP contribution in [0.15, 0.2) is 43.0 Å². The highest BCUT2D eigenvalue weighted by atomic mass is 15.2. The molecule has 0 aliphatic rings. The normalized spacial score (nSPS) is 11.2. The summed E-state index contributed by atoms with van der Waals surface area (Å²) >= 11 is 0. The van der Waals surface area contributed by atoms with E-state index in [4.69, 9.17) is 0 Å². The van der Waals surface area contributed by atoms with Gasteiger partial charge in [-0.25, -0.2) is 9.50 Å². The molecule has 0 unspecified atom stereocenters. The fraction of sp³-hybridized carbons (Fsp3) is 0.312. The van der Waals surface area contributed by atoms with Gasteiger partial charge in [-0.15, -0.1) is 0 Å². The summed E-state index contributed by atoms with van der Waals surface area (Å²) in [5.41, 5.74) is 3.37. The molecule has 3 aromatic rings. The number of nitrogens with zero attached hydrogens (tertiary/aromatic N) is 4. The van der Waals surface area contributed by atoms with Crippen LogP contribution >= 0.6 is 0 Å². The zero-order chi connectivity index (χ0) is 14.7. The lowest BCUT2D eigenvalue weighted by molar-refractivity contribution is 0.787. The molecule has 3 rings (SSSR count). The van der Waals surface area contributed by atoms with Crippen LogP contribution in [0.5, 0.6) is 0 Å². The van der Waals surface area contributed by atoms with Crippen LogP contribution in [0.1, 0.15) is 31.0 Å². The van der Waals surface area contributed by atoms with E-state index in [0.29, 0.717) is 5.92 Å². The first kappa shape index (κ1) is 13.5. The van der Waals surface area contributed by atoms with Crippen LogP contribution in [0, 0.1) is 0 Å². The number of fused-ring (bicyclic) bond motifs is 1. The van der Waals surface area contributed by atoms with E-state index in [1.807, 2.05) is 35.2 Å². The quantitative estimate of drug-likeness (QED) is 0.781. The van der Waals surface area contributed by atoms with E-state index in [2.05, 4.69) is 40.3 Å². The Labute approximate surface area is 124 Å². The summed E-state index contributed by atoms with van der Waals surface area (Å²) in [6, 6.07) is 6.17. The summed E-state index contributed by atoms with van der Waals surface area (Å²) < 4.78 is 1.89. The second kappa shape index (κ2) is 5.91. The molecule has 0 spiro atoms. The van der Waals surface area contributed by atoms with Crippen molar-refractivity contribution >= 4 is 11.3 Å². The van der Waals surface area contributed by atoms with Crippen LogP contribution in [0.25, 0.3) is 5.52 Å². The monoisotopic (exact) mass is 281 g/mol. The molecule has 0 aromatic carbocycles. The smallest absolute Gasteiger partial charge is 0.152 e. The van der Waals surface area contributed by atoms with Gasteiger partial charge in [0, 0.05) is 31.3 Å². The molecule has 0 radical (unpaired) electrons. The Morgan fingerprint density at radius 3 is 2.76 bits per heavy atom. The molecule has 3 aromatic heterocycles. The molecule has 0 aliphatic carbocycles. The Morgan fingerprint density at radius 1 is 1.19 bits per heavy atom. The molecule has 0 saturated carbocycles. The van der Waals surface area contributed by atoms with Gasteiger partial charge in [0.25, 0.3) is 0 Å². The molecule has 0 aliphatic heterocycles. The van der Waals surface area contributed by atoms with Crippen molar-refractivity contribution in [3.63, 3.8) is 0 Å². The van der Waals surface area contributed by atoms with Gasteiger partial charge in [-0.1, -0.05) is 13.8 Å². The van der Waals surface area contributed by atoms with Crippen LogP contribution < -0.4 is 5.32 Å². The Hall–Kier alpha value is -2.43. The summed E-state index contributed by atoms with van der Waals surface area (Å²) in [5, 5.41) is 7.96. The highest BCUT2D eigenvalue weighted by Gasteiger charge is 2.09. The van der Waals surface area contributed by atoms with Gasteiger partial charge in [0.15, 0.2) is 5.82 Å². The maximum atomic E-state index is 4.57. The van der Waals surface area contributed by atoms with Crippen molar-refractivity contribution < 1.29 is 0 Å². The second-order valence-corrected chi connectivity index (χ2v) is 5.36. The van der Waals surface area contributed by atoms with Gasteiger partial charge in [-0.05, 0) is 36.1 Å². The lowest BCUT2D eigenvalue weighted by Crippen LogP contribution is -2.07. The molecule has 0 saturated heterocycles. The zero-order valence-corrected chi connectivity index (χ0v) is 12.3. The Balaban J connectivity index is 1.74. The zero-order valence-electron chi connectivity index (χ0n) is 12.3. The molecule has 21 heavy (non-hydrogen) atoms. The number of pyridine rings is 1. The maximum Gasteiger partial charge on any atom is 0.152 e. The summed E-state index contributed by atoms with van der Waals surface area (Å²) in [5.74, 6) is 1.29. The minimum Gasteiger partial charge on any atom is -0.368 e. The standard InChI is InChI=1S/C16H19N5/c1-12(2)14-11-15-16(19-9-10-21(15)20-14)18-8-5-13-3-6-17-7-4-13/h3-4,6-7,9-12H,5,8H2,1-2H3,(H,18,19). The van der Waals surface area contributed by atoms with Crippen molar-refractivity contribution in [2.45, 2.75) is 26.2 Å². The highest BCUT2D eigenvalue weighted by molar-refractivity contribution is 5.67. The van der Waals surface area contributed by atoms with Crippen LogP contribution in [0.2, 0.25) is 0 Å². The van der Waals surface area contributed by atoms with Gasteiger partial charge in [0.1, 0.15) is 5.52 Å². The SMILES string of the molecule is CC(C)c1cc2c(NCCc3ccncc3)nccn2n1. The number of nitrogens with one attached hydrogen (secondary N) is 1. The van der Waals surface area contributed by atoms with Gasteiger partial charge in [0.05, 0.1) is 5.69 Å². The second-order valence-electron chi connectivity index (χ2n) is 5.36. The molecule has 5 nitrogen and oxygen atoms in total. The minimum atomic E-state index is 0.412. The Morgan fingerprint density at radius 2 is 2.00 bits per heavy atom. The van der Waals surface area contributed by atoms with Crippen molar-refractivity contribution in [1.29, 1.82) is 0 Å². The lowest BCUT2D eigenvalue weighted by Gasteiger charge is -2.06. The number of hydrogen-bond acceptors (Lipinski definition) is 4. The van der Waals surface area contributed by atoms with Gasteiger partial charge in [0.2, 0.25) is 0 Å². The van der Waals surface area contributed by atoms with Crippen LogP contribution in [0.3, 0.4) is 0 Å². The molecule has 5 heteroatoms. The number of aromatic nitrogens is 4. The van der Waals surface area contributed by atoms with Gasteiger partial charge < -0.3 is 5.32 Å². The summed E-state index contributed by atoms with van der Waals surface area (Å²) in [6.07, 6.45) is 8.24. The van der Waals surface area contributed by atoms with E-state index >= 15 is 0 Å². The van der Waals surface area contributed by atoms with E-state index < -0.39 is 0 Å². The molecule has 0 atom stereocenters. The fourth-order valence-corrected chi connectivity index (χ4v) is 2.23. The van der Waals surface area contributed by atoms with Crippen molar-refractivity contribution in [3.8, 4) is 0 Å². The van der Waals surface area contributed by atoms with Crippen molar-refractivity contribution in [3.05, 3.63) is 54.2 Å². The summed E-state index contributed by atoms with van der Waals surface area (Å²) in [7, 11) is 0. The van der Waals surface area contributed by atoms with Crippen LogP contribution in [-0.4, -0.2) is 26.1 Å². The van der Waals surface area contributed by atoms with Crippen LogP contribution in [-0.2, 0) is 6.42 Å². The van der Waals surface area contributed by atoms with Crippen LogP contribution in [0.4, 0.5) is 5.82 Å². The first-order valence-corrected chi connectivity index (χ1v) is 7.21. The van der Waals surface area contributed by atoms with E-state index in [9.17, 15) is 0 Å². The minimum absolute atomic E-state index is 0.412. The Bertz CT molecular complexity index is 718. The lowest BCUT2D eigenvalue weighted by atomic mass is 10.1. The fourth-order valence-electron chi connectivity index (χ4n) is 2.23. The number of anilines is 1. The first-order chi connectivity index (χ1) is 10.2. The largest absolute Gasteiger partial charge is 0.368 e. The van der Waals surface area contributed by atoms with Crippen molar-refractivity contribution in [2.75, 3.05) is 11.9 Å².